The van der Waals surface area contributed by atoms with Gasteiger partial charge >= 0.3 is 0 Å². The number of nitrogens with zero attached hydrogens (tertiary/aromatic N) is 2. The Morgan fingerprint density at radius 2 is 1.93 bits per heavy atom. The molecule has 0 radical (unpaired) electrons. The van der Waals surface area contributed by atoms with Crippen LogP contribution in [0.4, 0.5) is 10.1 Å². The Morgan fingerprint density at radius 3 is 2.62 bits per heavy atom. The number of halogens is 1. The zero-order valence-corrected chi connectivity index (χ0v) is 17.0. The van der Waals surface area contributed by atoms with Crippen molar-refractivity contribution < 1.29 is 13.9 Å². The smallest absolute Gasteiger partial charge is 0.234 e. The Bertz CT molecular complexity index is 966. The molecule has 1 amide bonds. The van der Waals surface area contributed by atoms with Gasteiger partial charge in [0.1, 0.15) is 16.6 Å². The van der Waals surface area contributed by atoms with E-state index in [1.165, 1.54) is 23.9 Å². The third kappa shape index (κ3) is 4.50. The summed E-state index contributed by atoms with van der Waals surface area (Å²) >= 11 is 1.35. The van der Waals surface area contributed by atoms with Gasteiger partial charge in [0.15, 0.2) is 5.66 Å². The van der Waals surface area contributed by atoms with Crippen molar-refractivity contribution in [1.29, 1.82) is 0 Å². The number of aliphatic imine (C=N–C) groups is 2. The van der Waals surface area contributed by atoms with Gasteiger partial charge in [0.25, 0.3) is 0 Å². The van der Waals surface area contributed by atoms with Crippen LogP contribution in [0.2, 0.25) is 0 Å². The molecule has 0 atom stereocenters. The molecule has 1 spiro atoms. The van der Waals surface area contributed by atoms with Crippen LogP contribution in [0.15, 0.2) is 58.5 Å². The largest absolute Gasteiger partial charge is 0.497 e. The Kier molecular flexibility index (Phi) is 5.67. The lowest BCUT2D eigenvalue weighted by Gasteiger charge is -2.14. The molecule has 0 unspecified atom stereocenters. The van der Waals surface area contributed by atoms with Gasteiger partial charge in [-0.1, -0.05) is 23.9 Å². The van der Waals surface area contributed by atoms with Gasteiger partial charge < -0.3 is 10.1 Å². The van der Waals surface area contributed by atoms with E-state index in [0.717, 1.165) is 31.4 Å². The fraction of sp³-hybridized carbons (Fsp3) is 0.318. The molecule has 0 aromatic heterocycles. The summed E-state index contributed by atoms with van der Waals surface area (Å²) in [6.45, 7) is 0. The molecule has 0 bridgehead atoms. The average molecular weight is 412 g/mol. The summed E-state index contributed by atoms with van der Waals surface area (Å²) < 4.78 is 18.9. The van der Waals surface area contributed by atoms with Crippen LogP contribution in [-0.2, 0) is 4.79 Å². The van der Waals surface area contributed by atoms with Crippen LogP contribution in [0.3, 0.4) is 0 Å². The quantitative estimate of drug-likeness (QED) is 0.777. The van der Waals surface area contributed by atoms with Gasteiger partial charge in [-0.05, 0) is 62.1 Å². The number of methoxy groups -OCH3 is 1. The molecular formula is C22H22FN3O2S. The number of amides is 1. The van der Waals surface area contributed by atoms with Crippen molar-refractivity contribution >= 4 is 34.1 Å². The van der Waals surface area contributed by atoms with Crippen LogP contribution in [-0.4, -0.2) is 35.2 Å². The summed E-state index contributed by atoms with van der Waals surface area (Å²) in [6.07, 6.45) is 3.96. The Morgan fingerprint density at radius 1 is 1.17 bits per heavy atom. The van der Waals surface area contributed by atoms with E-state index in [1.807, 2.05) is 6.07 Å². The van der Waals surface area contributed by atoms with Gasteiger partial charge in [-0.25, -0.2) is 9.38 Å². The van der Waals surface area contributed by atoms with Crippen molar-refractivity contribution in [3.05, 3.63) is 59.9 Å². The monoisotopic (exact) mass is 411 g/mol. The predicted molar refractivity (Wildman–Crippen MR) is 116 cm³/mol. The van der Waals surface area contributed by atoms with E-state index in [4.69, 9.17) is 14.7 Å². The number of anilines is 1. The van der Waals surface area contributed by atoms with Crippen molar-refractivity contribution in [2.45, 2.75) is 31.3 Å². The first kappa shape index (κ1) is 19.6. The zero-order chi connectivity index (χ0) is 20.3. The molecule has 29 heavy (non-hydrogen) atoms. The number of carbonyl (C=O) groups is 1. The molecule has 1 saturated carbocycles. The average Bonchev–Trinajstić information content (AvgIpc) is 3.34. The summed E-state index contributed by atoms with van der Waals surface area (Å²) in [4.78, 5) is 22.2. The number of nitrogens with one attached hydrogen (secondary N) is 1. The highest BCUT2D eigenvalue weighted by Gasteiger charge is 2.39. The van der Waals surface area contributed by atoms with E-state index in [9.17, 15) is 9.18 Å². The molecule has 1 fully saturated rings. The second-order valence-corrected chi connectivity index (χ2v) is 8.11. The van der Waals surface area contributed by atoms with Crippen molar-refractivity contribution in [3.8, 4) is 5.75 Å². The minimum absolute atomic E-state index is 0.131. The minimum atomic E-state index is -0.434. The summed E-state index contributed by atoms with van der Waals surface area (Å²) in [5, 5.41) is 3.58. The van der Waals surface area contributed by atoms with Gasteiger partial charge in [0.2, 0.25) is 5.91 Å². The third-order valence-electron chi connectivity index (χ3n) is 5.05. The summed E-state index contributed by atoms with van der Waals surface area (Å²) in [5.41, 5.74) is 1.66. The summed E-state index contributed by atoms with van der Waals surface area (Å²) in [5.74, 6) is 0.499. The van der Waals surface area contributed by atoms with Crippen molar-refractivity contribution in [1.82, 2.24) is 0 Å². The second-order valence-electron chi connectivity index (χ2n) is 7.14. The number of hydrogen-bond acceptors (Lipinski definition) is 5. The predicted octanol–water partition coefficient (Wildman–Crippen LogP) is 4.68. The molecule has 1 N–H and O–H groups in total. The highest BCUT2D eigenvalue weighted by atomic mass is 32.2. The molecule has 0 saturated heterocycles. The number of carbonyl (C=O) groups excluding carboxylic acids is 1. The lowest BCUT2D eigenvalue weighted by atomic mass is 10.1. The number of hydrogen-bond donors (Lipinski definition) is 1. The molecular weight excluding hydrogens is 389 g/mol. The first-order valence-corrected chi connectivity index (χ1v) is 10.6. The molecule has 2 aromatic rings. The Hall–Kier alpha value is -2.67. The fourth-order valence-electron chi connectivity index (χ4n) is 3.62. The molecule has 7 heteroatoms. The number of ether oxygens (including phenoxy) is 1. The standard InChI is InChI=1S/C22H22FN3O2S/c1-28-18-9-7-17(8-10-18)24-19(27)14-29-21-20(15-5-4-6-16(23)13-15)25-22(26-21)11-2-3-12-22/h4-10,13H,2-3,11-12,14H2,1H3,(H,24,27). The maximum absolute atomic E-state index is 13.8. The number of benzene rings is 2. The van der Waals surface area contributed by atoms with Crippen LogP contribution in [0.5, 0.6) is 5.75 Å². The number of thioether (sulfide) groups is 1. The van der Waals surface area contributed by atoms with E-state index in [2.05, 4.69) is 5.32 Å². The van der Waals surface area contributed by atoms with Crippen LogP contribution in [0.1, 0.15) is 31.2 Å². The van der Waals surface area contributed by atoms with Crippen LogP contribution in [0, 0.1) is 5.82 Å². The van der Waals surface area contributed by atoms with Crippen molar-refractivity contribution in [2.75, 3.05) is 18.2 Å². The molecule has 1 aliphatic carbocycles. The maximum Gasteiger partial charge on any atom is 0.234 e. The highest BCUT2D eigenvalue weighted by molar-refractivity contribution is 8.16. The Labute approximate surface area is 173 Å². The van der Waals surface area contributed by atoms with E-state index >= 15 is 0 Å². The topological polar surface area (TPSA) is 63.0 Å². The molecule has 2 aromatic carbocycles. The van der Waals surface area contributed by atoms with Crippen LogP contribution < -0.4 is 10.1 Å². The third-order valence-corrected chi connectivity index (χ3v) is 6.01. The number of rotatable bonds is 5. The van der Waals surface area contributed by atoms with Gasteiger partial charge in [-0.2, -0.15) is 0 Å². The SMILES string of the molecule is COc1ccc(NC(=O)CSC2=NC3(CCCC3)N=C2c2cccc(F)c2)cc1. The molecule has 4 rings (SSSR count). The molecule has 5 nitrogen and oxygen atoms in total. The van der Waals surface area contributed by atoms with Crippen molar-refractivity contribution in [3.63, 3.8) is 0 Å². The first-order valence-electron chi connectivity index (χ1n) is 9.60. The van der Waals surface area contributed by atoms with E-state index < -0.39 is 5.66 Å². The normalized spacial score (nSPS) is 17.2. The maximum atomic E-state index is 13.8. The molecule has 2 aliphatic rings. The van der Waals surface area contributed by atoms with Gasteiger partial charge in [-0.3, -0.25) is 9.79 Å². The lowest BCUT2D eigenvalue weighted by Crippen LogP contribution is -2.17. The van der Waals surface area contributed by atoms with Gasteiger partial charge in [0.05, 0.1) is 18.6 Å². The van der Waals surface area contributed by atoms with Crippen molar-refractivity contribution in [2.24, 2.45) is 9.98 Å². The van der Waals surface area contributed by atoms with E-state index in [-0.39, 0.29) is 17.5 Å². The summed E-state index contributed by atoms with van der Waals surface area (Å²) in [6, 6.07) is 13.6. The second kappa shape index (κ2) is 8.37. The zero-order valence-electron chi connectivity index (χ0n) is 16.2. The molecule has 1 heterocycles. The highest BCUT2D eigenvalue weighted by Crippen LogP contribution is 2.40. The van der Waals surface area contributed by atoms with Crippen LogP contribution >= 0.6 is 11.8 Å². The van der Waals surface area contributed by atoms with Gasteiger partial charge in [-0.15, -0.1) is 0 Å². The van der Waals surface area contributed by atoms with Crippen LogP contribution in [0.25, 0.3) is 0 Å². The molecule has 1 aliphatic heterocycles. The summed E-state index contributed by atoms with van der Waals surface area (Å²) in [7, 11) is 1.60. The van der Waals surface area contributed by atoms with E-state index in [1.54, 1.807) is 37.4 Å². The fourth-order valence-corrected chi connectivity index (χ4v) is 4.49. The molecule has 150 valence electrons. The Balaban J connectivity index is 1.47. The first-order chi connectivity index (χ1) is 14.1. The van der Waals surface area contributed by atoms with E-state index in [0.29, 0.717) is 22.0 Å². The lowest BCUT2D eigenvalue weighted by molar-refractivity contribution is -0.113. The minimum Gasteiger partial charge on any atom is -0.497 e. The van der Waals surface area contributed by atoms with Gasteiger partial charge in [0, 0.05) is 11.3 Å².